The number of rotatable bonds is 4. The van der Waals surface area contributed by atoms with Gasteiger partial charge in [0, 0.05) is 0 Å². The van der Waals surface area contributed by atoms with Crippen molar-refractivity contribution in [2.24, 2.45) is 11.8 Å². The van der Waals surface area contributed by atoms with Crippen LogP contribution in [-0.4, -0.2) is 0 Å². The third kappa shape index (κ3) is 3.53. The number of hydrogen-bond acceptors (Lipinski definition) is 0. The maximum absolute atomic E-state index is 2.34. The van der Waals surface area contributed by atoms with Gasteiger partial charge in [-0.15, -0.1) is 0 Å². The van der Waals surface area contributed by atoms with E-state index in [0.29, 0.717) is 5.92 Å². The second kappa shape index (κ2) is 5.19. The van der Waals surface area contributed by atoms with Crippen LogP contribution in [0.5, 0.6) is 0 Å². The third-order valence-electron chi connectivity index (χ3n) is 2.20. The Morgan fingerprint density at radius 2 is 1.71 bits per heavy atom. The molecule has 1 rings (SSSR count). The van der Waals surface area contributed by atoms with Crippen LogP contribution in [0.25, 0.3) is 0 Å². The Morgan fingerprint density at radius 1 is 1.07 bits per heavy atom. The highest BCUT2D eigenvalue weighted by Gasteiger charge is 2.05. The van der Waals surface area contributed by atoms with Crippen molar-refractivity contribution in [3.63, 3.8) is 0 Å². The molecule has 1 aromatic carbocycles. The smallest absolute Gasteiger partial charge is 0.00647 e. The minimum atomic E-state index is 0.628. The van der Waals surface area contributed by atoms with Crippen LogP contribution in [0.1, 0.15) is 38.8 Å². The van der Waals surface area contributed by atoms with E-state index in [9.17, 15) is 0 Å². The van der Waals surface area contributed by atoms with Crippen molar-refractivity contribution in [1.29, 1.82) is 0 Å². The summed E-state index contributed by atoms with van der Waals surface area (Å²) in [5.74, 6) is 1.36. The lowest BCUT2D eigenvalue weighted by molar-refractivity contribution is 0.642. The number of benzene rings is 1. The van der Waals surface area contributed by atoms with E-state index in [0.717, 1.165) is 5.92 Å². The van der Waals surface area contributed by atoms with Gasteiger partial charge in [0.15, 0.2) is 0 Å². The average Bonchev–Trinajstić information content (AvgIpc) is 2.06. The summed E-state index contributed by atoms with van der Waals surface area (Å²) in [7, 11) is 0. The molecule has 0 fully saturated rings. The average molecular weight is 189 g/mol. The zero-order valence-electron chi connectivity index (χ0n) is 9.75. The Bertz CT molecular complexity index is 242. The molecule has 1 radical (unpaired) electrons. The summed E-state index contributed by atoms with van der Waals surface area (Å²) in [5.41, 5.74) is 2.90. The fraction of sp³-hybridized carbons (Fsp3) is 0.500. The van der Waals surface area contributed by atoms with Gasteiger partial charge >= 0.3 is 0 Å². The van der Waals surface area contributed by atoms with Crippen molar-refractivity contribution in [3.05, 3.63) is 41.8 Å². The van der Waals surface area contributed by atoms with E-state index in [2.05, 4.69) is 58.4 Å². The maximum atomic E-state index is 2.34. The van der Waals surface area contributed by atoms with Crippen molar-refractivity contribution in [3.8, 4) is 0 Å². The van der Waals surface area contributed by atoms with Gasteiger partial charge in [-0.1, -0.05) is 52.0 Å². The lowest BCUT2D eigenvalue weighted by atomic mass is 9.93. The Hall–Kier alpha value is -0.780. The molecule has 77 valence electrons. The first-order valence-electron chi connectivity index (χ1n) is 5.52. The number of hydrogen-bond donors (Lipinski definition) is 0. The molecule has 0 bridgehead atoms. The second-order valence-corrected chi connectivity index (χ2v) is 4.71. The van der Waals surface area contributed by atoms with E-state index >= 15 is 0 Å². The minimum Gasteiger partial charge on any atom is -0.0625 e. The summed E-state index contributed by atoms with van der Waals surface area (Å²) >= 11 is 0. The SMILES string of the molecule is CC(C)[CH]c1ccccc1CC(C)C. The molecule has 0 N–H and O–H groups in total. The molecule has 0 nitrogen and oxygen atoms in total. The van der Waals surface area contributed by atoms with Crippen LogP contribution in [-0.2, 0) is 6.42 Å². The molecule has 0 unspecified atom stereocenters. The molecule has 0 heteroatoms. The van der Waals surface area contributed by atoms with Crippen LogP contribution in [0.15, 0.2) is 24.3 Å². The molecule has 0 saturated heterocycles. The molecule has 1 aromatic rings. The van der Waals surface area contributed by atoms with E-state index in [1.807, 2.05) is 0 Å². The summed E-state index contributed by atoms with van der Waals surface area (Å²) < 4.78 is 0. The molecule has 0 aromatic heterocycles. The van der Waals surface area contributed by atoms with E-state index < -0.39 is 0 Å². The highest BCUT2D eigenvalue weighted by molar-refractivity contribution is 5.33. The fourth-order valence-electron chi connectivity index (χ4n) is 1.68. The van der Waals surface area contributed by atoms with E-state index in [1.54, 1.807) is 0 Å². The Kier molecular flexibility index (Phi) is 4.19. The molecule has 0 aliphatic rings. The first kappa shape index (κ1) is 11.3. The van der Waals surface area contributed by atoms with Gasteiger partial charge in [0.1, 0.15) is 0 Å². The molecule has 0 heterocycles. The second-order valence-electron chi connectivity index (χ2n) is 4.71. The predicted molar refractivity (Wildman–Crippen MR) is 63.2 cm³/mol. The van der Waals surface area contributed by atoms with E-state index in [4.69, 9.17) is 0 Å². The molecule has 0 amide bonds. The predicted octanol–water partition coefficient (Wildman–Crippen LogP) is 4.09. The zero-order valence-corrected chi connectivity index (χ0v) is 9.75. The van der Waals surface area contributed by atoms with Crippen LogP contribution in [0.3, 0.4) is 0 Å². The van der Waals surface area contributed by atoms with Crippen molar-refractivity contribution < 1.29 is 0 Å². The first-order chi connectivity index (χ1) is 6.59. The van der Waals surface area contributed by atoms with Gasteiger partial charge in [0.2, 0.25) is 0 Å². The lowest BCUT2D eigenvalue weighted by Crippen LogP contribution is -2.00. The minimum absolute atomic E-state index is 0.628. The summed E-state index contributed by atoms with van der Waals surface area (Å²) in [5, 5.41) is 0. The van der Waals surface area contributed by atoms with Gasteiger partial charge in [-0.25, -0.2) is 0 Å². The first-order valence-corrected chi connectivity index (χ1v) is 5.52. The zero-order chi connectivity index (χ0) is 10.6. The molecule has 0 atom stereocenters. The van der Waals surface area contributed by atoms with Crippen molar-refractivity contribution in [2.75, 3.05) is 0 Å². The van der Waals surface area contributed by atoms with Crippen LogP contribution < -0.4 is 0 Å². The molecule has 0 saturated carbocycles. The quantitative estimate of drug-likeness (QED) is 0.669. The molecule has 0 aliphatic carbocycles. The van der Waals surface area contributed by atoms with Crippen molar-refractivity contribution >= 4 is 0 Å². The van der Waals surface area contributed by atoms with Crippen molar-refractivity contribution in [2.45, 2.75) is 34.1 Å². The Morgan fingerprint density at radius 3 is 2.29 bits per heavy atom. The summed E-state index contributed by atoms with van der Waals surface area (Å²) in [6.07, 6.45) is 3.52. The summed E-state index contributed by atoms with van der Waals surface area (Å²) in [6.45, 7) is 9.00. The van der Waals surface area contributed by atoms with Crippen LogP contribution in [0.4, 0.5) is 0 Å². The highest BCUT2D eigenvalue weighted by Crippen LogP contribution is 2.18. The molecule has 0 spiro atoms. The van der Waals surface area contributed by atoms with Gasteiger partial charge in [-0.05, 0) is 35.8 Å². The largest absolute Gasteiger partial charge is 0.0625 e. The van der Waals surface area contributed by atoms with Gasteiger partial charge in [-0.3, -0.25) is 0 Å². The summed E-state index contributed by atoms with van der Waals surface area (Å²) in [4.78, 5) is 0. The molecular weight excluding hydrogens is 168 g/mol. The van der Waals surface area contributed by atoms with Gasteiger partial charge in [-0.2, -0.15) is 0 Å². The molecule has 0 aliphatic heterocycles. The van der Waals surface area contributed by atoms with Crippen LogP contribution in [0.2, 0.25) is 0 Å². The Balaban J connectivity index is 2.80. The van der Waals surface area contributed by atoms with Crippen molar-refractivity contribution in [1.82, 2.24) is 0 Å². The monoisotopic (exact) mass is 189 g/mol. The standard InChI is InChI=1S/C14H21/c1-11(2)9-13-7-5-6-8-14(13)10-12(3)4/h5-9,11-12H,10H2,1-4H3. The lowest BCUT2D eigenvalue weighted by Gasteiger charge is -2.12. The normalized spacial score (nSPS) is 11.3. The van der Waals surface area contributed by atoms with E-state index in [-0.39, 0.29) is 0 Å². The van der Waals surface area contributed by atoms with Gasteiger partial charge in [0.05, 0.1) is 0 Å². The van der Waals surface area contributed by atoms with Crippen LogP contribution >= 0.6 is 0 Å². The van der Waals surface area contributed by atoms with Gasteiger partial charge in [0.25, 0.3) is 0 Å². The fourth-order valence-corrected chi connectivity index (χ4v) is 1.68. The van der Waals surface area contributed by atoms with Gasteiger partial charge < -0.3 is 0 Å². The molecular formula is C14H21. The highest BCUT2D eigenvalue weighted by atomic mass is 14.1. The topological polar surface area (TPSA) is 0 Å². The summed E-state index contributed by atoms with van der Waals surface area (Å²) in [6, 6.07) is 8.72. The molecule has 14 heavy (non-hydrogen) atoms. The third-order valence-corrected chi connectivity index (χ3v) is 2.20. The van der Waals surface area contributed by atoms with Crippen LogP contribution in [0, 0.1) is 18.3 Å². The Labute approximate surface area is 88.4 Å². The maximum Gasteiger partial charge on any atom is -0.00647 e. The van der Waals surface area contributed by atoms with E-state index in [1.165, 1.54) is 17.5 Å².